The number of hydrogen-bond donors (Lipinski definition) is 1. The number of nitrogens with one attached hydrogen (secondary N) is 1. The molecule has 1 N–H and O–H groups in total. The Labute approximate surface area is 129 Å². The van der Waals surface area contributed by atoms with Gasteiger partial charge in [0.15, 0.2) is 11.5 Å². The first-order chi connectivity index (χ1) is 10.9. The van der Waals surface area contributed by atoms with Gasteiger partial charge < -0.3 is 14.8 Å². The first-order valence-corrected chi connectivity index (χ1v) is 7.86. The standard InChI is InChI=1S/C17H19N3O2/c1-2-6-14-12(4-1)10-18-17(20-14)19-11-13-5-3-7-15-16(13)22-9-8-21-15/h3,5,7,10H,1-2,4,6,8-9,11H2,(H,18,19,20). The minimum Gasteiger partial charge on any atom is -0.486 e. The van der Waals surface area contributed by atoms with Gasteiger partial charge in [0.1, 0.15) is 13.2 Å². The van der Waals surface area contributed by atoms with Crippen LogP contribution in [-0.2, 0) is 19.4 Å². The van der Waals surface area contributed by atoms with Crippen LogP contribution in [0.2, 0.25) is 0 Å². The van der Waals surface area contributed by atoms with Crippen LogP contribution in [-0.4, -0.2) is 23.2 Å². The van der Waals surface area contributed by atoms with Crippen molar-refractivity contribution in [3.8, 4) is 11.5 Å². The molecule has 1 aromatic carbocycles. The van der Waals surface area contributed by atoms with Crippen LogP contribution >= 0.6 is 0 Å². The largest absolute Gasteiger partial charge is 0.486 e. The van der Waals surface area contributed by atoms with Crippen molar-refractivity contribution in [2.75, 3.05) is 18.5 Å². The lowest BCUT2D eigenvalue weighted by Crippen LogP contribution is -2.17. The fraction of sp³-hybridized carbons (Fsp3) is 0.412. The van der Waals surface area contributed by atoms with E-state index in [1.165, 1.54) is 24.1 Å². The molecule has 0 atom stereocenters. The highest BCUT2D eigenvalue weighted by molar-refractivity contribution is 5.48. The fourth-order valence-corrected chi connectivity index (χ4v) is 3.01. The van der Waals surface area contributed by atoms with Gasteiger partial charge in [-0.05, 0) is 37.3 Å². The van der Waals surface area contributed by atoms with Crippen LogP contribution in [0.5, 0.6) is 11.5 Å². The number of ether oxygens (including phenoxy) is 2. The van der Waals surface area contributed by atoms with E-state index < -0.39 is 0 Å². The second kappa shape index (κ2) is 5.83. The Bertz CT molecular complexity index is 688. The number of nitrogens with zero attached hydrogens (tertiary/aromatic N) is 2. The molecule has 0 fully saturated rings. The number of anilines is 1. The monoisotopic (exact) mass is 297 g/mol. The van der Waals surface area contributed by atoms with Gasteiger partial charge in [-0.3, -0.25) is 0 Å². The van der Waals surface area contributed by atoms with Gasteiger partial charge in [0.25, 0.3) is 0 Å². The number of fused-ring (bicyclic) bond motifs is 2. The molecule has 4 rings (SSSR count). The lowest BCUT2D eigenvalue weighted by Gasteiger charge is -2.21. The van der Waals surface area contributed by atoms with Crippen molar-refractivity contribution in [1.29, 1.82) is 0 Å². The Morgan fingerprint density at radius 1 is 1.09 bits per heavy atom. The van der Waals surface area contributed by atoms with Crippen LogP contribution in [0.1, 0.15) is 29.7 Å². The van der Waals surface area contributed by atoms with E-state index in [1.54, 1.807) is 0 Å². The third-order valence-corrected chi connectivity index (χ3v) is 4.15. The third kappa shape index (κ3) is 2.58. The molecule has 0 bridgehead atoms. The van der Waals surface area contributed by atoms with Crippen molar-refractivity contribution in [2.45, 2.75) is 32.2 Å². The molecule has 1 aliphatic carbocycles. The minimum atomic E-state index is 0.597. The summed E-state index contributed by atoms with van der Waals surface area (Å²) < 4.78 is 11.3. The van der Waals surface area contributed by atoms with Crippen molar-refractivity contribution in [1.82, 2.24) is 9.97 Å². The van der Waals surface area contributed by atoms with Gasteiger partial charge in [0, 0.05) is 24.0 Å². The number of aromatic nitrogens is 2. The predicted molar refractivity (Wildman–Crippen MR) is 83.4 cm³/mol. The molecule has 0 saturated carbocycles. The first-order valence-electron chi connectivity index (χ1n) is 7.86. The summed E-state index contributed by atoms with van der Waals surface area (Å²) in [6.07, 6.45) is 6.60. The molecule has 1 aromatic heterocycles. The van der Waals surface area contributed by atoms with Crippen LogP contribution < -0.4 is 14.8 Å². The van der Waals surface area contributed by atoms with Crippen LogP contribution in [0.25, 0.3) is 0 Å². The van der Waals surface area contributed by atoms with Gasteiger partial charge in [0.05, 0.1) is 0 Å². The van der Waals surface area contributed by atoms with Crippen LogP contribution in [0.4, 0.5) is 5.95 Å². The van der Waals surface area contributed by atoms with Crippen LogP contribution in [0, 0.1) is 0 Å². The number of benzene rings is 1. The SMILES string of the molecule is c1cc(CNc2ncc3c(n2)CCCC3)c2c(c1)OCCO2. The first kappa shape index (κ1) is 13.4. The molecule has 114 valence electrons. The molecule has 5 heteroatoms. The number of hydrogen-bond acceptors (Lipinski definition) is 5. The lowest BCUT2D eigenvalue weighted by atomic mass is 9.98. The number of aryl methyl sites for hydroxylation is 2. The summed E-state index contributed by atoms with van der Waals surface area (Å²) in [6, 6.07) is 5.96. The summed E-state index contributed by atoms with van der Waals surface area (Å²) in [6.45, 7) is 1.84. The molecular formula is C17H19N3O2. The maximum atomic E-state index is 5.73. The maximum Gasteiger partial charge on any atom is 0.223 e. The molecule has 22 heavy (non-hydrogen) atoms. The van der Waals surface area contributed by atoms with Gasteiger partial charge >= 0.3 is 0 Å². The molecule has 0 saturated heterocycles. The Hall–Kier alpha value is -2.30. The lowest BCUT2D eigenvalue weighted by molar-refractivity contribution is 0.170. The van der Waals surface area contributed by atoms with E-state index in [0.717, 1.165) is 29.9 Å². The molecule has 2 aliphatic rings. The molecule has 0 unspecified atom stereocenters. The topological polar surface area (TPSA) is 56.3 Å². The van der Waals surface area contributed by atoms with Gasteiger partial charge in [0.2, 0.25) is 5.95 Å². The molecule has 2 heterocycles. The normalized spacial score (nSPS) is 16.0. The molecule has 2 aromatic rings. The van der Waals surface area contributed by atoms with Gasteiger partial charge in [-0.15, -0.1) is 0 Å². The smallest absolute Gasteiger partial charge is 0.223 e. The van der Waals surface area contributed by atoms with Crippen LogP contribution in [0.3, 0.4) is 0 Å². The quantitative estimate of drug-likeness (QED) is 0.944. The molecule has 0 amide bonds. The summed E-state index contributed by atoms with van der Waals surface area (Å²) in [5.41, 5.74) is 3.56. The summed E-state index contributed by atoms with van der Waals surface area (Å²) in [5, 5.41) is 3.30. The Morgan fingerprint density at radius 3 is 3.00 bits per heavy atom. The van der Waals surface area contributed by atoms with Crippen molar-refractivity contribution in [2.24, 2.45) is 0 Å². The maximum absolute atomic E-state index is 5.73. The summed E-state index contributed by atoms with van der Waals surface area (Å²) >= 11 is 0. The van der Waals surface area contributed by atoms with E-state index in [9.17, 15) is 0 Å². The van der Waals surface area contributed by atoms with E-state index in [2.05, 4.69) is 15.3 Å². The minimum absolute atomic E-state index is 0.597. The van der Waals surface area contributed by atoms with E-state index in [1.807, 2.05) is 24.4 Å². The zero-order valence-corrected chi connectivity index (χ0v) is 12.5. The van der Waals surface area contributed by atoms with E-state index in [0.29, 0.717) is 25.7 Å². The van der Waals surface area contributed by atoms with Crippen LogP contribution in [0.15, 0.2) is 24.4 Å². The van der Waals surface area contributed by atoms with Gasteiger partial charge in [-0.25, -0.2) is 9.97 Å². The second-order valence-corrected chi connectivity index (χ2v) is 5.67. The zero-order valence-electron chi connectivity index (χ0n) is 12.5. The van der Waals surface area contributed by atoms with E-state index in [4.69, 9.17) is 9.47 Å². The highest BCUT2D eigenvalue weighted by atomic mass is 16.6. The predicted octanol–water partition coefficient (Wildman–Crippen LogP) is 2.74. The molecule has 5 nitrogen and oxygen atoms in total. The average molecular weight is 297 g/mol. The third-order valence-electron chi connectivity index (χ3n) is 4.15. The molecule has 1 aliphatic heterocycles. The fourth-order valence-electron chi connectivity index (χ4n) is 3.01. The summed E-state index contributed by atoms with van der Waals surface area (Å²) in [5.74, 6) is 2.34. The molecule has 0 radical (unpaired) electrons. The number of rotatable bonds is 3. The van der Waals surface area contributed by atoms with E-state index in [-0.39, 0.29) is 0 Å². The van der Waals surface area contributed by atoms with Crippen molar-refractivity contribution >= 4 is 5.95 Å². The van der Waals surface area contributed by atoms with E-state index >= 15 is 0 Å². The van der Waals surface area contributed by atoms with Crippen molar-refractivity contribution < 1.29 is 9.47 Å². The Morgan fingerprint density at radius 2 is 2.00 bits per heavy atom. The summed E-state index contributed by atoms with van der Waals surface area (Å²) in [7, 11) is 0. The molecule has 0 spiro atoms. The highest BCUT2D eigenvalue weighted by Gasteiger charge is 2.16. The Balaban J connectivity index is 1.51. The van der Waals surface area contributed by atoms with Crippen molar-refractivity contribution in [3.05, 3.63) is 41.2 Å². The Kier molecular flexibility index (Phi) is 3.54. The second-order valence-electron chi connectivity index (χ2n) is 5.67. The summed E-state index contributed by atoms with van der Waals surface area (Å²) in [4.78, 5) is 9.07. The van der Waals surface area contributed by atoms with Gasteiger partial charge in [-0.1, -0.05) is 12.1 Å². The van der Waals surface area contributed by atoms with Gasteiger partial charge in [-0.2, -0.15) is 0 Å². The average Bonchev–Trinajstić information content (AvgIpc) is 2.60. The number of para-hydroxylation sites is 1. The highest BCUT2D eigenvalue weighted by Crippen LogP contribution is 2.33. The van der Waals surface area contributed by atoms with Crippen molar-refractivity contribution in [3.63, 3.8) is 0 Å². The zero-order chi connectivity index (χ0) is 14.8. The molecular weight excluding hydrogens is 278 g/mol.